The maximum Gasteiger partial charge on any atom is 0.420 e. The highest BCUT2D eigenvalue weighted by molar-refractivity contribution is 5.70. The summed E-state index contributed by atoms with van der Waals surface area (Å²) < 4.78 is 6.28. The predicted octanol–water partition coefficient (Wildman–Crippen LogP) is 1.67. The first kappa shape index (κ1) is 10.3. The van der Waals surface area contributed by atoms with Gasteiger partial charge in [-0.15, -0.1) is 6.42 Å². The van der Waals surface area contributed by atoms with Crippen molar-refractivity contribution in [3.63, 3.8) is 0 Å². The molecule has 0 spiro atoms. The maximum atomic E-state index is 11.4. The lowest BCUT2D eigenvalue weighted by Gasteiger charge is -2.10. The Labute approximate surface area is 82.9 Å². The number of ether oxygens (including phenoxy) is 1. The van der Waals surface area contributed by atoms with Gasteiger partial charge in [-0.2, -0.15) is 0 Å². The Morgan fingerprint density at radius 3 is 3.07 bits per heavy atom. The first-order valence-electron chi connectivity index (χ1n) is 4.43. The normalized spacial score (nSPS) is 11.7. The van der Waals surface area contributed by atoms with Gasteiger partial charge in [-0.1, -0.05) is 19.3 Å². The number of terminal acetylenes is 1. The predicted molar refractivity (Wildman–Crippen MR) is 51.6 cm³/mol. The van der Waals surface area contributed by atoms with Crippen molar-refractivity contribution >= 4 is 6.09 Å². The van der Waals surface area contributed by atoms with E-state index in [4.69, 9.17) is 11.2 Å². The average molecular weight is 192 g/mol. The fraction of sp³-hybridized carbons (Fsp3) is 0.400. The summed E-state index contributed by atoms with van der Waals surface area (Å²) in [6.07, 6.45) is 10.2. The highest BCUT2D eigenvalue weighted by Crippen LogP contribution is 2.02. The summed E-state index contributed by atoms with van der Waals surface area (Å²) in [5.41, 5.74) is 0. The van der Waals surface area contributed by atoms with Crippen LogP contribution in [0.3, 0.4) is 0 Å². The minimum absolute atomic E-state index is 0.449. The van der Waals surface area contributed by atoms with E-state index >= 15 is 0 Å². The van der Waals surface area contributed by atoms with Gasteiger partial charge in [0.1, 0.15) is 6.33 Å². The molecule has 1 atom stereocenters. The number of aromatic nitrogens is 2. The smallest absolute Gasteiger partial charge is 0.420 e. The molecule has 0 bridgehead atoms. The maximum absolute atomic E-state index is 11.4. The van der Waals surface area contributed by atoms with Gasteiger partial charge in [-0.05, 0) is 6.42 Å². The molecule has 1 aromatic heterocycles. The highest BCUT2D eigenvalue weighted by atomic mass is 16.6. The van der Waals surface area contributed by atoms with E-state index in [-0.39, 0.29) is 0 Å². The first-order valence-corrected chi connectivity index (χ1v) is 4.43. The Kier molecular flexibility index (Phi) is 3.74. The summed E-state index contributed by atoms with van der Waals surface area (Å²) in [5, 5.41) is 0. The molecular weight excluding hydrogens is 180 g/mol. The zero-order valence-corrected chi connectivity index (χ0v) is 8.01. The van der Waals surface area contributed by atoms with Gasteiger partial charge in [0.25, 0.3) is 0 Å². The van der Waals surface area contributed by atoms with E-state index in [1.165, 1.54) is 23.3 Å². The van der Waals surface area contributed by atoms with E-state index in [1.54, 1.807) is 0 Å². The Balaban J connectivity index is 2.52. The monoisotopic (exact) mass is 192 g/mol. The van der Waals surface area contributed by atoms with Crippen LogP contribution in [0.1, 0.15) is 19.8 Å². The number of hydrogen-bond donors (Lipinski definition) is 0. The minimum Gasteiger partial charge on any atom is -0.432 e. The molecular formula is C10H12N2O2. The van der Waals surface area contributed by atoms with Crippen molar-refractivity contribution in [2.24, 2.45) is 0 Å². The molecule has 1 heterocycles. The second-order valence-corrected chi connectivity index (χ2v) is 2.80. The van der Waals surface area contributed by atoms with E-state index in [0.29, 0.717) is 6.42 Å². The van der Waals surface area contributed by atoms with Gasteiger partial charge >= 0.3 is 6.09 Å². The lowest BCUT2D eigenvalue weighted by molar-refractivity contribution is 0.120. The Hall–Kier alpha value is -1.76. The van der Waals surface area contributed by atoms with Gasteiger partial charge in [0.2, 0.25) is 0 Å². The van der Waals surface area contributed by atoms with Crippen LogP contribution in [0.25, 0.3) is 0 Å². The Bertz CT molecular complexity index is 324. The first-order chi connectivity index (χ1) is 6.77. The number of carbonyl (C=O) groups is 1. The summed E-state index contributed by atoms with van der Waals surface area (Å²) in [4.78, 5) is 15.1. The molecule has 0 N–H and O–H groups in total. The third-order valence-electron chi connectivity index (χ3n) is 1.70. The van der Waals surface area contributed by atoms with E-state index in [9.17, 15) is 4.79 Å². The van der Waals surface area contributed by atoms with Crippen LogP contribution in [0.4, 0.5) is 4.79 Å². The van der Waals surface area contributed by atoms with Gasteiger partial charge in [-0.25, -0.2) is 14.3 Å². The third-order valence-corrected chi connectivity index (χ3v) is 1.70. The summed E-state index contributed by atoms with van der Waals surface area (Å²) in [6.45, 7) is 1.98. The summed E-state index contributed by atoms with van der Waals surface area (Å²) >= 11 is 0. The van der Waals surface area contributed by atoms with Crippen molar-refractivity contribution < 1.29 is 9.53 Å². The van der Waals surface area contributed by atoms with Crippen LogP contribution in [0, 0.1) is 12.3 Å². The standard InChI is InChI=1S/C10H12N2O2/c1-3-5-9(4-2)14-10(13)12-7-6-11-8-12/h2,6-9H,3,5H2,1H3. The zero-order chi connectivity index (χ0) is 10.4. The Morgan fingerprint density at radius 2 is 2.57 bits per heavy atom. The zero-order valence-electron chi connectivity index (χ0n) is 8.01. The van der Waals surface area contributed by atoms with Crippen molar-refractivity contribution in [1.29, 1.82) is 0 Å². The molecule has 0 aliphatic carbocycles. The molecule has 4 nitrogen and oxygen atoms in total. The molecule has 1 unspecified atom stereocenters. The molecule has 0 aliphatic rings. The van der Waals surface area contributed by atoms with Crippen LogP contribution in [0.15, 0.2) is 18.7 Å². The van der Waals surface area contributed by atoms with Crippen molar-refractivity contribution in [1.82, 2.24) is 9.55 Å². The van der Waals surface area contributed by atoms with E-state index < -0.39 is 12.2 Å². The second kappa shape index (κ2) is 5.07. The van der Waals surface area contributed by atoms with Gasteiger partial charge in [0, 0.05) is 12.4 Å². The molecule has 1 rings (SSSR count). The topological polar surface area (TPSA) is 44.1 Å². The summed E-state index contributed by atoms with van der Waals surface area (Å²) in [6, 6.07) is 0. The minimum atomic E-state index is -0.487. The molecule has 14 heavy (non-hydrogen) atoms. The van der Waals surface area contributed by atoms with Crippen molar-refractivity contribution in [3.05, 3.63) is 18.7 Å². The number of hydrogen-bond acceptors (Lipinski definition) is 3. The van der Waals surface area contributed by atoms with Crippen LogP contribution in [-0.2, 0) is 4.74 Å². The molecule has 0 saturated carbocycles. The molecule has 0 aliphatic heterocycles. The highest BCUT2D eigenvalue weighted by Gasteiger charge is 2.11. The fourth-order valence-corrected chi connectivity index (χ4v) is 0.988. The lowest BCUT2D eigenvalue weighted by Crippen LogP contribution is -2.20. The molecule has 0 fully saturated rings. The van der Waals surface area contributed by atoms with Gasteiger partial charge in [0.05, 0.1) is 0 Å². The average Bonchev–Trinajstić information content (AvgIpc) is 2.69. The largest absolute Gasteiger partial charge is 0.432 e. The van der Waals surface area contributed by atoms with E-state index in [0.717, 1.165) is 6.42 Å². The van der Waals surface area contributed by atoms with Crippen LogP contribution in [0.5, 0.6) is 0 Å². The number of imidazole rings is 1. The molecule has 1 aromatic rings. The van der Waals surface area contributed by atoms with Crippen molar-refractivity contribution in [2.45, 2.75) is 25.9 Å². The fourth-order valence-electron chi connectivity index (χ4n) is 0.988. The van der Waals surface area contributed by atoms with E-state index in [2.05, 4.69) is 10.9 Å². The van der Waals surface area contributed by atoms with Crippen molar-refractivity contribution in [3.8, 4) is 12.3 Å². The molecule has 0 amide bonds. The molecule has 0 radical (unpaired) electrons. The van der Waals surface area contributed by atoms with Gasteiger partial charge in [-0.3, -0.25) is 0 Å². The Morgan fingerprint density at radius 1 is 1.79 bits per heavy atom. The second-order valence-electron chi connectivity index (χ2n) is 2.80. The van der Waals surface area contributed by atoms with Gasteiger partial charge < -0.3 is 4.74 Å². The van der Waals surface area contributed by atoms with Gasteiger partial charge in [0.15, 0.2) is 6.10 Å². The molecule has 0 aromatic carbocycles. The molecule has 4 heteroatoms. The summed E-state index contributed by atoms with van der Waals surface area (Å²) in [7, 11) is 0. The number of rotatable bonds is 3. The number of carbonyl (C=O) groups excluding carboxylic acids is 1. The van der Waals surface area contributed by atoms with Crippen LogP contribution in [0.2, 0.25) is 0 Å². The van der Waals surface area contributed by atoms with Crippen LogP contribution in [-0.4, -0.2) is 21.7 Å². The SMILES string of the molecule is C#CC(CCC)OC(=O)n1ccnc1. The lowest BCUT2D eigenvalue weighted by atomic mass is 10.2. The number of nitrogens with zero attached hydrogens (tertiary/aromatic N) is 2. The van der Waals surface area contributed by atoms with E-state index in [1.807, 2.05) is 6.92 Å². The van der Waals surface area contributed by atoms with Crippen LogP contribution >= 0.6 is 0 Å². The molecule has 74 valence electrons. The third kappa shape index (κ3) is 2.63. The van der Waals surface area contributed by atoms with Crippen LogP contribution < -0.4 is 0 Å². The quantitative estimate of drug-likeness (QED) is 0.684. The molecule has 0 saturated heterocycles. The summed E-state index contributed by atoms with van der Waals surface area (Å²) in [5.74, 6) is 2.42. The van der Waals surface area contributed by atoms with Crippen molar-refractivity contribution in [2.75, 3.05) is 0 Å².